The van der Waals surface area contributed by atoms with Gasteiger partial charge in [0.05, 0.1) is 5.41 Å². The van der Waals surface area contributed by atoms with Gasteiger partial charge in [-0.1, -0.05) is 164 Å². The quantitative estimate of drug-likeness (QED) is 0.167. The fourth-order valence-electron chi connectivity index (χ4n) is 10.5. The van der Waals surface area contributed by atoms with Crippen LogP contribution in [0, 0.1) is 0 Å². The predicted octanol–water partition coefficient (Wildman–Crippen LogP) is 16.5. The number of furan rings is 1. The van der Waals surface area contributed by atoms with E-state index in [1.54, 1.807) is 0 Å². The van der Waals surface area contributed by atoms with E-state index in [0.717, 1.165) is 89.4 Å². The van der Waals surface area contributed by atoms with Crippen molar-refractivity contribution in [2.24, 2.45) is 0 Å². The maximum absolute atomic E-state index is 6.62. The van der Waals surface area contributed by atoms with Gasteiger partial charge in [-0.2, -0.15) is 0 Å². The molecule has 0 bridgehead atoms. The Morgan fingerprint density at radius 1 is 0.297 bits per heavy atom. The van der Waals surface area contributed by atoms with Crippen LogP contribution in [0.3, 0.4) is 0 Å². The zero-order chi connectivity index (χ0) is 42.2. The molecular weight excluding hydrogens is 779 g/mol. The van der Waals surface area contributed by atoms with Gasteiger partial charge in [0.25, 0.3) is 0 Å². The SMILES string of the molecule is c1ccc(-c2cccc(N(c3ccc(-c4ccc5c(c4)oc4ccccc45)cc3)c3cccc(-c4ccc5c(c4)C4(c6ccccc6Oc6ccccc64)c4ccccc4-5)c3)c2)cc1. The number of rotatable bonds is 6. The molecule has 1 aliphatic heterocycles. The van der Waals surface area contributed by atoms with Crippen LogP contribution >= 0.6 is 0 Å². The molecule has 0 saturated heterocycles. The number of hydrogen-bond acceptors (Lipinski definition) is 3. The zero-order valence-electron chi connectivity index (χ0n) is 34.8. The molecule has 0 unspecified atom stereocenters. The van der Waals surface area contributed by atoms with Crippen LogP contribution in [-0.2, 0) is 5.41 Å². The van der Waals surface area contributed by atoms with Gasteiger partial charge in [0, 0.05) is 39.0 Å². The second-order valence-corrected chi connectivity index (χ2v) is 16.8. The van der Waals surface area contributed by atoms with Crippen LogP contribution in [0.1, 0.15) is 22.3 Å². The topological polar surface area (TPSA) is 25.6 Å². The number of benzene rings is 10. The number of hydrogen-bond donors (Lipinski definition) is 0. The molecule has 0 saturated carbocycles. The Labute approximate surface area is 371 Å². The summed E-state index contributed by atoms with van der Waals surface area (Å²) in [5.74, 6) is 1.79. The molecule has 13 rings (SSSR count). The fraction of sp³-hybridized carbons (Fsp3) is 0.0164. The van der Waals surface area contributed by atoms with E-state index in [0.29, 0.717) is 0 Å². The highest BCUT2D eigenvalue weighted by Crippen LogP contribution is 2.62. The summed E-state index contributed by atoms with van der Waals surface area (Å²) in [6.07, 6.45) is 0. The van der Waals surface area contributed by atoms with Crippen LogP contribution in [0.4, 0.5) is 17.1 Å². The first kappa shape index (κ1) is 36.3. The molecule has 2 heterocycles. The first-order valence-electron chi connectivity index (χ1n) is 21.9. The van der Waals surface area contributed by atoms with Crippen molar-refractivity contribution in [3.8, 4) is 56.0 Å². The molecule has 3 heteroatoms. The second-order valence-electron chi connectivity index (χ2n) is 16.8. The minimum Gasteiger partial charge on any atom is -0.457 e. The van der Waals surface area contributed by atoms with E-state index in [4.69, 9.17) is 9.15 Å². The predicted molar refractivity (Wildman–Crippen MR) is 262 cm³/mol. The summed E-state index contributed by atoms with van der Waals surface area (Å²) in [5, 5.41) is 2.27. The summed E-state index contributed by atoms with van der Waals surface area (Å²) in [7, 11) is 0. The number of fused-ring (bicyclic) bond motifs is 12. The summed E-state index contributed by atoms with van der Waals surface area (Å²) in [6.45, 7) is 0. The Morgan fingerprint density at radius 3 is 1.56 bits per heavy atom. The minimum absolute atomic E-state index is 0.536. The molecule has 1 aliphatic carbocycles. The largest absolute Gasteiger partial charge is 0.457 e. The third kappa shape index (κ3) is 5.54. The molecule has 0 fully saturated rings. The highest BCUT2D eigenvalue weighted by atomic mass is 16.5. The van der Waals surface area contributed by atoms with Crippen molar-refractivity contribution in [1.29, 1.82) is 0 Å². The Hall–Kier alpha value is -8.40. The maximum atomic E-state index is 6.62. The van der Waals surface area contributed by atoms with Crippen molar-refractivity contribution in [1.82, 2.24) is 0 Å². The Bertz CT molecular complexity index is 3560. The van der Waals surface area contributed by atoms with Crippen LogP contribution in [0.5, 0.6) is 11.5 Å². The van der Waals surface area contributed by atoms with Crippen molar-refractivity contribution in [3.63, 3.8) is 0 Å². The fourth-order valence-corrected chi connectivity index (χ4v) is 10.5. The average molecular weight is 818 g/mol. The molecule has 3 nitrogen and oxygen atoms in total. The van der Waals surface area contributed by atoms with Gasteiger partial charge in [-0.05, 0) is 128 Å². The summed E-state index contributed by atoms with van der Waals surface area (Å²) in [4.78, 5) is 2.37. The van der Waals surface area contributed by atoms with Gasteiger partial charge < -0.3 is 14.1 Å². The van der Waals surface area contributed by atoms with E-state index >= 15 is 0 Å². The highest BCUT2D eigenvalue weighted by molar-refractivity contribution is 6.06. The monoisotopic (exact) mass is 817 g/mol. The normalized spacial score (nSPS) is 12.9. The molecule has 0 atom stereocenters. The summed E-state index contributed by atoms with van der Waals surface area (Å²) in [5.41, 5.74) is 18.7. The molecular formula is C61H39NO2. The third-order valence-electron chi connectivity index (χ3n) is 13.3. The van der Waals surface area contributed by atoms with Crippen LogP contribution < -0.4 is 9.64 Å². The average Bonchev–Trinajstić information content (AvgIpc) is 3.88. The van der Waals surface area contributed by atoms with Gasteiger partial charge in [-0.3, -0.25) is 0 Å². The van der Waals surface area contributed by atoms with Crippen LogP contribution in [0.25, 0.3) is 66.4 Å². The summed E-state index contributed by atoms with van der Waals surface area (Å²) in [6, 6.07) is 85.2. The van der Waals surface area contributed by atoms with E-state index in [-0.39, 0.29) is 0 Å². The van der Waals surface area contributed by atoms with Gasteiger partial charge in [0.15, 0.2) is 0 Å². The maximum Gasteiger partial charge on any atom is 0.136 e. The number of para-hydroxylation sites is 3. The molecule has 0 radical (unpaired) electrons. The Kier molecular flexibility index (Phi) is 8.13. The number of ether oxygens (including phenoxy) is 1. The van der Waals surface area contributed by atoms with Crippen LogP contribution in [0.15, 0.2) is 241 Å². The van der Waals surface area contributed by atoms with Crippen molar-refractivity contribution < 1.29 is 9.15 Å². The van der Waals surface area contributed by atoms with E-state index < -0.39 is 5.41 Å². The Morgan fingerprint density at radius 2 is 0.812 bits per heavy atom. The lowest BCUT2D eigenvalue weighted by atomic mass is 9.66. The minimum atomic E-state index is -0.536. The Balaban J connectivity index is 0.947. The number of anilines is 3. The molecule has 11 aromatic rings. The molecule has 2 aliphatic rings. The summed E-state index contributed by atoms with van der Waals surface area (Å²) < 4.78 is 12.9. The molecule has 0 N–H and O–H groups in total. The standard InChI is InChI=1S/C61H39NO2/c1-2-14-40(15-3-1)42-16-12-18-47(36-42)62(46-32-28-41(29-33-46)45-31-35-52-51-21-5-9-25-57(51)63-60(52)39-45)48-19-13-17-43(37-48)44-30-34-50-49-20-4-6-22-53(49)61(56(50)38-44)54-23-7-10-26-58(54)64-59-27-11-8-24-55(59)61/h1-39H. The molecule has 64 heavy (non-hydrogen) atoms. The van der Waals surface area contributed by atoms with Gasteiger partial charge in [-0.25, -0.2) is 0 Å². The van der Waals surface area contributed by atoms with Crippen LogP contribution in [0.2, 0.25) is 0 Å². The van der Waals surface area contributed by atoms with Gasteiger partial charge in [-0.15, -0.1) is 0 Å². The van der Waals surface area contributed by atoms with E-state index in [9.17, 15) is 0 Å². The van der Waals surface area contributed by atoms with Crippen molar-refractivity contribution in [3.05, 3.63) is 259 Å². The molecule has 0 amide bonds. The van der Waals surface area contributed by atoms with Gasteiger partial charge in [0.1, 0.15) is 22.7 Å². The van der Waals surface area contributed by atoms with E-state index in [2.05, 4.69) is 229 Å². The summed E-state index contributed by atoms with van der Waals surface area (Å²) >= 11 is 0. The lowest BCUT2D eigenvalue weighted by Crippen LogP contribution is -2.32. The molecule has 1 aromatic heterocycles. The first-order chi connectivity index (χ1) is 31.7. The van der Waals surface area contributed by atoms with Gasteiger partial charge in [0.2, 0.25) is 0 Å². The first-order valence-corrected chi connectivity index (χ1v) is 21.9. The molecule has 10 aromatic carbocycles. The van der Waals surface area contributed by atoms with Crippen molar-refractivity contribution in [2.75, 3.05) is 4.90 Å². The number of nitrogens with zero attached hydrogens (tertiary/aromatic N) is 1. The zero-order valence-corrected chi connectivity index (χ0v) is 34.8. The molecule has 300 valence electrons. The van der Waals surface area contributed by atoms with Crippen molar-refractivity contribution in [2.45, 2.75) is 5.41 Å². The second kappa shape index (κ2) is 14.3. The van der Waals surface area contributed by atoms with E-state index in [1.807, 2.05) is 12.1 Å². The van der Waals surface area contributed by atoms with E-state index in [1.165, 1.54) is 27.8 Å². The smallest absolute Gasteiger partial charge is 0.136 e. The molecule has 1 spiro atoms. The van der Waals surface area contributed by atoms with Crippen LogP contribution in [-0.4, -0.2) is 0 Å². The highest BCUT2D eigenvalue weighted by Gasteiger charge is 2.51. The lowest BCUT2D eigenvalue weighted by Gasteiger charge is -2.39. The van der Waals surface area contributed by atoms with Gasteiger partial charge >= 0.3 is 0 Å². The van der Waals surface area contributed by atoms with Crippen molar-refractivity contribution >= 4 is 39.0 Å². The third-order valence-corrected chi connectivity index (χ3v) is 13.3. The lowest BCUT2D eigenvalue weighted by molar-refractivity contribution is 0.436.